The van der Waals surface area contributed by atoms with Crippen LogP contribution in [0, 0.1) is 0 Å². The fourth-order valence-corrected chi connectivity index (χ4v) is 2.76. The van der Waals surface area contributed by atoms with Crippen molar-refractivity contribution in [3.63, 3.8) is 0 Å². The maximum Gasteiger partial charge on any atom is -0.00111 e. The summed E-state index contributed by atoms with van der Waals surface area (Å²) in [5.41, 5.74) is 5.69. The molecule has 1 fully saturated rings. The Bertz CT molecular complexity index is 547. The molecule has 1 heterocycles. The van der Waals surface area contributed by atoms with Crippen molar-refractivity contribution in [3.8, 4) is 0 Å². The number of hydrogen-bond acceptors (Lipinski definition) is 1. The van der Waals surface area contributed by atoms with Crippen molar-refractivity contribution in [1.82, 2.24) is 5.32 Å². The van der Waals surface area contributed by atoms with E-state index in [0.29, 0.717) is 0 Å². The molecular formula is C21H25N. The van der Waals surface area contributed by atoms with E-state index in [4.69, 9.17) is 0 Å². The van der Waals surface area contributed by atoms with Crippen molar-refractivity contribution in [1.29, 1.82) is 0 Å². The van der Waals surface area contributed by atoms with Gasteiger partial charge in [-0.25, -0.2) is 0 Å². The quantitative estimate of drug-likeness (QED) is 0.762. The first kappa shape index (κ1) is 16.3. The highest BCUT2D eigenvalue weighted by Crippen LogP contribution is 2.30. The summed E-state index contributed by atoms with van der Waals surface area (Å²) >= 11 is 0. The van der Waals surface area contributed by atoms with Crippen LogP contribution in [0.4, 0.5) is 0 Å². The van der Waals surface area contributed by atoms with Gasteiger partial charge in [0, 0.05) is 0 Å². The third-order valence-corrected chi connectivity index (χ3v) is 3.69. The molecule has 0 aromatic heterocycles. The van der Waals surface area contributed by atoms with Gasteiger partial charge in [-0.3, -0.25) is 0 Å². The number of piperidine rings is 1. The molecule has 1 aliphatic rings. The maximum atomic E-state index is 3.44. The highest BCUT2D eigenvalue weighted by atomic mass is 14.9. The fourth-order valence-electron chi connectivity index (χ4n) is 2.76. The summed E-state index contributed by atoms with van der Waals surface area (Å²) in [6.07, 6.45) is 4.05. The molecule has 1 N–H and O–H groups in total. The molecular weight excluding hydrogens is 266 g/mol. The summed E-state index contributed by atoms with van der Waals surface area (Å²) in [4.78, 5) is 0. The summed E-state index contributed by atoms with van der Waals surface area (Å²) in [5.74, 6) is 0. The van der Waals surface area contributed by atoms with E-state index < -0.39 is 0 Å². The van der Waals surface area contributed by atoms with E-state index >= 15 is 0 Å². The van der Waals surface area contributed by atoms with Crippen molar-refractivity contribution in [2.75, 3.05) is 13.1 Å². The smallest absolute Gasteiger partial charge is 0.00111 e. The number of benzene rings is 2. The van der Waals surface area contributed by atoms with Crippen molar-refractivity contribution in [2.45, 2.75) is 19.8 Å². The van der Waals surface area contributed by atoms with Crippen LogP contribution in [-0.2, 0) is 0 Å². The summed E-state index contributed by atoms with van der Waals surface area (Å²) in [6.45, 7) is 7.44. The summed E-state index contributed by atoms with van der Waals surface area (Å²) in [5, 5.41) is 3.44. The molecule has 1 heteroatoms. The van der Waals surface area contributed by atoms with Crippen LogP contribution in [0.2, 0.25) is 0 Å². The van der Waals surface area contributed by atoms with Crippen LogP contribution in [0.15, 0.2) is 78.9 Å². The predicted molar refractivity (Wildman–Crippen MR) is 96.9 cm³/mol. The summed E-state index contributed by atoms with van der Waals surface area (Å²) in [7, 11) is 0. The van der Waals surface area contributed by atoms with Gasteiger partial charge in [-0.05, 0) is 49.6 Å². The Kier molecular flexibility index (Phi) is 6.66. The second-order valence-corrected chi connectivity index (χ2v) is 5.37. The second kappa shape index (κ2) is 9.01. The van der Waals surface area contributed by atoms with Crippen LogP contribution < -0.4 is 5.32 Å². The van der Waals surface area contributed by atoms with Gasteiger partial charge in [0.2, 0.25) is 0 Å². The largest absolute Gasteiger partial charge is 0.316 e. The van der Waals surface area contributed by atoms with Gasteiger partial charge in [-0.2, -0.15) is 0 Å². The minimum absolute atomic E-state index is 1.10. The molecule has 0 radical (unpaired) electrons. The van der Waals surface area contributed by atoms with Gasteiger partial charge < -0.3 is 5.32 Å². The van der Waals surface area contributed by atoms with Gasteiger partial charge in [0.15, 0.2) is 0 Å². The lowest BCUT2D eigenvalue weighted by Crippen LogP contribution is -2.23. The van der Waals surface area contributed by atoms with E-state index in [1.54, 1.807) is 11.6 Å². The molecule has 22 heavy (non-hydrogen) atoms. The molecule has 0 unspecified atom stereocenters. The van der Waals surface area contributed by atoms with Crippen molar-refractivity contribution >= 4 is 5.57 Å². The van der Waals surface area contributed by atoms with Gasteiger partial charge in [-0.1, -0.05) is 72.3 Å². The van der Waals surface area contributed by atoms with E-state index in [-0.39, 0.29) is 0 Å². The molecule has 3 rings (SSSR count). The zero-order valence-electron chi connectivity index (χ0n) is 13.4. The molecule has 0 amide bonds. The van der Waals surface area contributed by atoms with Crippen LogP contribution in [0.1, 0.15) is 30.9 Å². The van der Waals surface area contributed by atoms with Gasteiger partial charge in [0.25, 0.3) is 0 Å². The third-order valence-electron chi connectivity index (χ3n) is 3.69. The molecule has 2 aromatic carbocycles. The average Bonchev–Trinajstić information content (AvgIpc) is 2.59. The molecule has 0 atom stereocenters. The Morgan fingerprint density at radius 3 is 1.68 bits per heavy atom. The molecule has 1 aliphatic heterocycles. The zero-order valence-corrected chi connectivity index (χ0v) is 13.4. The number of allylic oxidation sites excluding steroid dienone is 1. The van der Waals surface area contributed by atoms with E-state index in [9.17, 15) is 0 Å². The molecule has 0 aliphatic carbocycles. The van der Waals surface area contributed by atoms with Gasteiger partial charge in [0.1, 0.15) is 0 Å². The lowest BCUT2D eigenvalue weighted by Gasteiger charge is -2.21. The van der Waals surface area contributed by atoms with Crippen molar-refractivity contribution in [3.05, 3.63) is 90.0 Å². The number of rotatable bonds is 2. The minimum atomic E-state index is 1.10. The summed E-state index contributed by atoms with van der Waals surface area (Å²) in [6, 6.07) is 21.5. The Morgan fingerprint density at radius 1 is 0.864 bits per heavy atom. The molecule has 1 saturated heterocycles. The topological polar surface area (TPSA) is 12.0 Å². The Morgan fingerprint density at radius 2 is 1.27 bits per heavy atom. The fraction of sp³-hybridized carbons (Fsp3) is 0.238. The number of hydrogen-bond donors (Lipinski definition) is 1. The van der Waals surface area contributed by atoms with Crippen LogP contribution >= 0.6 is 0 Å². The molecule has 0 bridgehead atoms. The monoisotopic (exact) mass is 291 g/mol. The predicted octanol–water partition coefficient (Wildman–Crippen LogP) is 5.06. The highest BCUT2D eigenvalue weighted by Gasteiger charge is 2.13. The first-order chi connectivity index (χ1) is 10.9. The Hall–Kier alpha value is -2.12. The van der Waals surface area contributed by atoms with Crippen molar-refractivity contribution < 1.29 is 0 Å². The highest BCUT2D eigenvalue weighted by molar-refractivity contribution is 5.82. The summed E-state index contributed by atoms with van der Waals surface area (Å²) < 4.78 is 0. The molecule has 0 spiro atoms. The Balaban J connectivity index is 0.000000545. The van der Waals surface area contributed by atoms with Gasteiger partial charge >= 0.3 is 0 Å². The lowest BCUT2D eigenvalue weighted by molar-refractivity contribution is 0.611. The third kappa shape index (κ3) is 4.44. The lowest BCUT2D eigenvalue weighted by atomic mass is 9.89. The normalized spacial score (nSPS) is 13.8. The van der Waals surface area contributed by atoms with Crippen LogP contribution in [0.25, 0.3) is 5.57 Å². The van der Waals surface area contributed by atoms with E-state index in [1.165, 1.54) is 16.7 Å². The first-order valence-electron chi connectivity index (χ1n) is 7.97. The standard InChI is InChI=1S/C18H19N.C3H6/c1-3-7-15(8-4-1)18(16-9-5-2-6-10-16)17-11-13-19-14-12-17;1-3-2/h1-10,19H,11-14H2;3H,1H2,2H3. The van der Waals surface area contributed by atoms with Crippen LogP contribution in [-0.4, -0.2) is 13.1 Å². The van der Waals surface area contributed by atoms with Crippen LogP contribution in [0.5, 0.6) is 0 Å². The van der Waals surface area contributed by atoms with Crippen molar-refractivity contribution in [2.24, 2.45) is 0 Å². The number of nitrogens with one attached hydrogen (secondary N) is 1. The molecule has 114 valence electrons. The molecule has 0 saturated carbocycles. The first-order valence-corrected chi connectivity index (χ1v) is 7.97. The van der Waals surface area contributed by atoms with Crippen LogP contribution in [0.3, 0.4) is 0 Å². The second-order valence-electron chi connectivity index (χ2n) is 5.37. The van der Waals surface area contributed by atoms with E-state index in [0.717, 1.165) is 25.9 Å². The SMILES string of the molecule is C=CC.c1ccc(C(=C2CCNCC2)c2ccccc2)cc1. The average molecular weight is 291 g/mol. The van der Waals surface area contributed by atoms with Gasteiger partial charge in [-0.15, -0.1) is 6.58 Å². The van der Waals surface area contributed by atoms with Gasteiger partial charge in [0.05, 0.1) is 0 Å². The molecule has 1 nitrogen and oxygen atoms in total. The Labute approximate surface area is 134 Å². The minimum Gasteiger partial charge on any atom is -0.316 e. The molecule has 2 aromatic rings. The maximum absolute atomic E-state index is 3.44. The van der Waals surface area contributed by atoms with E-state index in [1.807, 2.05) is 6.92 Å². The zero-order chi connectivity index (χ0) is 15.6. The van der Waals surface area contributed by atoms with E-state index in [2.05, 4.69) is 72.6 Å².